The van der Waals surface area contributed by atoms with E-state index in [-0.39, 0.29) is 18.0 Å². The molecule has 0 saturated heterocycles. The molecule has 3 rings (SSSR count). The van der Waals surface area contributed by atoms with Gasteiger partial charge in [-0.05, 0) is 57.7 Å². The van der Waals surface area contributed by atoms with Gasteiger partial charge in [0.05, 0.1) is 10.6 Å². The van der Waals surface area contributed by atoms with Gasteiger partial charge in [-0.25, -0.2) is 4.58 Å². The van der Waals surface area contributed by atoms with Crippen LogP contribution in [0.25, 0.3) is 0 Å². The molecule has 0 spiro atoms. The van der Waals surface area contributed by atoms with Crippen molar-refractivity contribution in [3.63, 3.8) is 0 Å². The molecular weight excluding hydrogens is 408 g/mol. The van der Waals surface area contributed by atoms with E-state index >= 15 is 0 Å². The minimum absolute atomic E-state index is 0.115. The van der Waals surface area contributed by atoms with Gasteiger partial charge in [0.2, 0.25) is 0 Å². The zero-order chi connectivity index (χ0) is 22.7. The summed E-state index contributed by atoms with van der Waals surface area (Å²) in [6.45, 7) is 9.15. The number of hydrogen-bond donors (Lipinski definition) is 2. The first kappa shape index (κ1) is 23.3. The Hall–Kier alpha value is -2.41. The summed E-state index contributed by atoms with van der Waals surface area (Å²) in [6, 6.07) is 2.44. The Labute approximate surface area is 189 Å². The predicted octanol–water partition coefficient (Wildman–Crippen LogP) is 3.77. The summed E-state index contributed by atoms with van der Waals surface area (Å²) < 4.78 is 2.26. The Bertz CT molecular complexity index is 1040. The zero-order valence-corrected chi connectivity index (χ0v) is 20.4. The summed E-state index contributed by atoms with van der Waals surface area (Å²) in [4.78, 5) is 31.1. The van der Waals surface area contributed by atoms with Crippen LogP contribution in [0.4, 0.5) is 5.69 Å². The molecule has 0 aliphatic heterocycles. The summed E-state index contributed by atoms with van der Waals surface area (Å²) in [7, 11) is 4.26. The lowest BCUT2D eigenvalue weighted by atomic mass is 9.91. The number of anilines is 1. The number of thiophene rings is 1. The van der Waals surface area contributed by atoms with E-state index in [1.807, 2.05) is 26.8 Å². The van der Waals surface area contributed by atoms with Crippen LogP contribution in [0.15, 0.2) is 16.2 Å². The second kappa shape index (κ2) is 9.81. The molecule has 1 aliphatic rings. The van der Waals surface area contributed by atoms with Crippen molar-refractivity contribution in [2.45, 2.75) is 66.0 Å². The van der Waals surface area contributed by atoms with E-state index in [1.165, 1.54) is 22.7 Å². The molecule has 0 atom stereocenters. The number of carbonyl (C=O) groups excluding carboxylic acids is 1. The molecule has 168 valence electrons. The molecule has 2 aromatic rings. The SMILES string of the molecule is CCN(c1csc(C(=O)NCc2c(C)cc(C)[nH]c2=O)c1C)C1CCC(=[N+](C)C)CC1. The maximum Gasteiger partial charge on any atom is 0.261 e. The summed E-state index contributed by atoms with van der Waals surface area (Å²) in [5, 5.41) is 5.06. The fraction of sp³-hybridized carbons (Fsp3) is 0.542. The molecule has 1 saturated carbocycles. The van der Waals surface area contributed by atoms with Crippen LogP contribution in [0.3, 0.4) is 0 Å². The average Bonchev–Trinajstić information content (AvgIpc) is 3.09. The quantitative estimate of drug-likeness (QED) is 0.668. The number of rotatable bonds is 6. The van der Waals surface area contributed by atoms with E-state index in [0.717, 1.165) is 53.9 Å². The van der Waals surface area contributed by atoms with Crippen LogP contribution in [0.1, 0.15) is 64.7 Å². The molecule has 0 unspecified atom stereocenters. The van der Waals surface area contributed by atoms with Crippen LogP contribution < -0.4 is 15.8 Å². The summed E-state index contributed by atoms with van der Waals surface area (Å²) in [6.07, 6.45) is 4.56. The highest BCUT2D eigenvalue weighted by atomic mass is 32.1. The third-order valence-electron chi connectivity index (χ3n) is 6.39. The first-order valence-corrected chi connectivity index (χ1v) is 11.9. The Morgan fingerprint density at radius 2 is 1.94 bits per heavy atom. The number of pyridine rings is 1. The number of aromatic amines is 1. The van der Waals surface area contributed by atoms with Crippen LogP contribution in [-0.4, -0.2) is 47.9 Å². The number of hydrogen-bond acceptors (Lipinski definition) is 4. The highest BCUT2D eigenvalue weighted by Gasteiger charge is 2.28. The Morgan fingerprint density at radius 3 is 2.52 bits per heavy atom. The van der Waals surface area contributed by atoms with Gasteiger partial charge >= 0.3 is 0 Å². The smallest absolute Gasteiger partial charge is 0.261 e. The minimum atomic E-state index is -0.134. The normalized spacial score (nSPS) is 16.3. The summed E-state index contributed by atoms with van der Waals surface area (Å²) >= 11 is 1.49. The molecule has 1 aliphatic carbocycles. The maximum atomic E-state index is 12.9. The van der Waals surface area contributed by atoms with Crippen molar-refractivity contribution in [3.8, 4) is 0 Å². The first-order valence-electron chi connectivity index (χ1n) is 11.1. The van der Waals surface area contributed by atoms with E-state index in [4.69, 9.17) is 0 Å². The van der Waals surface area contributed by atoms with Gasteiger partial charge < -0.3 is 15.2 Å². The molecule has 1 fully saturated rings. The van der Waals surface area contributed by atoms with Crippen LogP contribution in [0, 0.1) is 20.8 Å². The van der Waals surface area contributed by atoms with Crippen molar-refractivity contribution < 1.29 is 9.37 Å². The average molecular weight is 444 g/mol. The molecule has 1 amide bonds. The molecule has 0 radical (unpaired) electrons. The molecule has 0 bridgehead atoms. The van der Waals surface area contributed by atoms with Crippen molar-refractivity contribution in [2.24, 2.45) is 0 Å². The van der Waals surface area contributed by atoms with Gasteiger partial charge in [0.1, 0.15) is 14.1 Å². The number of carbonyl (C=O) groups is 1. The van der Waals surface area contributed by atoms with Crippen LogP contribution in [-0.2, 0) is 6.54 Å². The van der Waals surface area contributed by atoms with Crippen molar-refractivity contribution in [3.05, 3.63) is 49.1 Å². The van der Waals surface area contributed by atoms with Crippen LogP contribution in [0.5, 0.6) is 0 Å². The second-order valence-electron chi connectivity index (χ2n) is 8.68. The van der Waals surface area contributed by atoms with E-state index in [2.05, 4.69) is 46.2 Å². The summed E-state index contributed by atoms with van der Waals surface area (Å²) in [5.41, 5.74) is 5.92. The lowest BCUT2D eigenvalue weighted by Gasteiger charge is -2.35. The monoisotopic (exact) mass is 443 g/mol. The van der Waals surface area contributed by atoms with Crippen LogP contribution >= 0.6 is 11.3 Å². The Kier molecular flexibility index (Phi) is 7.36. The number of nitrogens with one attached hydrogen (secondary N) is 2. The molecule has 7 heteroatoms. The third kappa shape index (κ3) is 5.09. The molecule has 2 aromatic heterocycles. The fourth-order valence-electron chi connectivity index (χ4n) is 4.58. The number of nitrogens with zero attached hydrogens (tertiary/aromatic N) is 2. The Balaban J connectivity index is 1.72. The fourth-order valence-corrected chi connectivity index (χ4v) is 5.59. The van der Waals surface area contributed by atoms with Crippen molar-refractivity contribution in [1.82, 2.24) is 10.3 Å². The minimum Gasteiger partial charge on any atom is -0.368 e. The highest BCUT2D eigenvalue weighted by Crippen LogP contribution is 2.34. The molecule has 2 N–H and O–H groups in total. The number of aryl methyl sites for hydroxylation is 2. The largest absolute Gasteiger partial charge is 0.368 e. The lowest BCUT2D eigenvalue weighted by Crippen LogP contribution is -2.39. The Morgan fingerprint density at radius 1 is 1.26 bits per heavy atom. The van der Waals surface area contributed by atoms with Gasteiger partial charge in [0.25, 0.3) is 11.5 Å². The van der Waals surface area contributed by atoms with Gasteiger partial charge in [-0.3, -0.25) is 9.59 Å². The standard InChI is InChI=1S/C24H34N4O2S/c1-7-28(19-10-8-18(9-11-19)27(5)6)21-14-31-22(17(21)4)24(30)25-13-20-15(2)12-16(3)26-23(20)29/h12,14,19H,7-11,13H2,1-6H3,(H-,25,26,29,30)/p+1. The summed E-state index contributed by atoms with van der Waals surface area (Å²) in [5.74, 6) is -0.115. The highest BCUT2D eigenvalue weighted by molar-refractivity contribution is 7.12. The van der Waals surface area contributed by atoms with Gasteiger partial charge in [-0.15, -0.1) is 11.3 Å². The van der Waals surface area contributed by atoms with Gasteiger partial charge in [0.15, 0.2) is 5.71 Å². The number of aromatic nitrogens is 1. The molecular formula is C24H35N4O2S+. The third-order valence-corrected chi connectivity index (χ3v) is 7.46. The number of amides is 1. The van der Waals surface area contributed by atoms with Crippen molar-refractivity contribution in [1.29, 1.82) is 0 Å². The van der Waals surface area contributed by atoms with Gasteiger partial charge in [-0.2, -0.15) is 0 Å². The van der Waals surface area contributed by atoms with E-state index in [1.54, 1.807) is 0 Å². The number of H-pyrrole nitrogens is 1. The van der Waals surface area contributed by atoms with Gasteiger partial charge in [-0.1, -0.05) is 0 Å². The second-order valence-corrected chi connectivity index (χ2v) is 9.56. The van der Waals surface area contributed by atoms with E-state index in [9.17, 15) is 9.59 Å². The predicted molar refractivity (Wildman–Crippen MR) is 129 cm³/mol. The maximum absolute atomic E-state index is 12.9. The molecule has 6 nitrogen and oxygen atoms in total. The van der Waals surface area contributed by atoms with Crippen LogP contribution in [0.2, 0.25) is 0 Å². The van der Waals surface area contributed by atoms with Gasteiger partial charge in [0, 0.05) is 48.6 Å². The van der Waals surface area contributed by atoms with E-state index in [0.29, 0.717) is 11.6 Å². The molecule has 31 heavy (non-hydrogen) atoms. The van der Waals surface area contributed by atoms with Crippen molar-refractivity contribution >= 4 is 28.6 Å². The van der Waals surface area contributed by atoms with Crippen molar-refractivity contribution in [2.75, 3.05) is 25.5 Å². The van der Waals surface area contributed by atoms with E-state index < -0.39 is 0 Å². The topological polar surface area (TPSA) is 68.2 Å². The first-order chi connectivity index (χ1) is 14.7. The molecule has 0 aromatic carbocycles. The molecule has 2 heterocycles. The zero-order valence-electron chi connectivity index (χ0n) is 19.6. The lowest BCUT2D eigenvalue weighted by molar-refractivity contribution is -0.467.